The number of sulfonamides is 1. The maximum atomic E-state index is 12.5. The minimum Gasteiger partial charge on any atom is -0.316 e. The second-order valence-corrected chi connectivity index (χ2v) is 7.80. The van der Waals surface area contributed by atoms with Crippen molar-refractivity contribution in [3.63, 3.8) is 0 Å². The van der Waals surface area contributed by atoms with Crippen LogP contribution in [0.2, 0.25) is 0 Å². The first kappa shape index (κ1) is 15.0. The lowest BCUT2D eigenvalue weighted by molar-refractivity contribution is 0.314. The fourth-order valence-corrected chi connectivity index (χ4v) is 4.57. The SMILES string of the molecule is CN(CC1CCCNC1)S(=O)(=O)c1ccccc1Br. The highest BCUT2D eigenvalue weighted by Gasteiger charge is 2.26. The van der Waals surface area contributed by atoms with Gasteiger partial charge in [-0.15, -0.1) is 0 Å². The monoisotopic (exact) mass is 346 g/mol. The van der Waals surface area contributed by atoms with E-state index in [9.17, 15) is 8.42 Å². The first-order valence-electron chi connectivity index (χ1n) is 6.43. The largest absolute Gasteiger partial charge is 0.316 e. The topological polar surface area (TPSA) is 49.4 Å². The minimum atomic E-state index is -3.41. The predicted octanol–water partition coefficient (Wildman–Crippen LogP) is 2.07. The molecule has 1 unspecified atom stereocenters. The van der Waals surface area contributed by atoms with Crippen molar-refractivity contribution < 1.29 is 8.42 Å². The van der Waals surface area contributed by atoms with Crippen LogP contribution in [-0.4, -0.2) is 39.4 Å². The Labute approximate surface area is 123 Å². The van der Waals surface area contributed by atoms with Crippen LogP contribution in [0.1, 0.15) is 12.8 Å². The first-order chi connectivity index (χ1) is 9.01. The average Bonchev–Trinajstić information content (AvgIpc) is 2.40. The maximum Gasteiger partial charge on any atom is 0.243 e. The third-order valence-electron chi connectivity index (χ3n) is 3.44. The zero-order valence-corrected chi connectivity index (χ0v) is 13.4. The fourth-order valence-electron chi connectivity index (χ4n) is 2.36. The molecule has 2 rings (SSSR count). The van der Waals surface area contributed by atoms with Gasteiger partial charge in [0.25, 0.3) is 0 Å². The number of hydrogen-bond donors (Lipinski definition) is 1. The number of halogens is 1. The minimum absolute atomic E-state index is 0.335. The van der Waals surface area contributed by atoms with Crippen LogP contribution in [0.5, 0.6) is 0 Å². The molecule has 1 atom stereocenters. The van der Waals surface area contributed by atoms with Crippen LogP contribution in [0, 0.1) is 5.92 Å². The Hall–Kier alpha value is -0.430. The average molecular weight is 347 g/mol. The van der Waals surface area contributed by atoms with Crippen molar-refractivity contribution >= 4 is 26.0 Å². The van der Waals surface area contributed by atoms with Gasteiger partial charge >= 0.3 is 0 Å². The Morgan fingerprint density at radius 3 is 2.79 bits per heavy atom. The van der Waals surface area contributed by atoms with Crippen molar-refractivity contribution in [3.05, 3.63) is 28.7 Å². The number of hydrogen-bond acceptors (Lipinski definition) is 3. The smallest absolute Gasteiger partial charge is 0.243 e. The second kappa shape index (κ2) is 6.35. The Bertz CT molecular complexity index is 527. The van der Waals surface area contributed by atoms with Crippen molar-refractivity contribution in [3.8, 4) is 0 Å². The zero-order chi connectivity index (χ0) is 13.9. The standard InChI is InChI=1S/C13H19BrN2O2S/c1-16(10-11-5-4-8-15-9-11)19(17,18)13-7-3-2-6-12(13)14/h2-3,6-7,11,15H,4-5,8-10H2,1H3. The molecule has 1 aliphatic heterocycles. The summed E-state index contributed by atoms with van der Waals surface area (Å²) in [5.74, 6) is 0.399. The molecule has 1 N–H and O–H groups in total. The molecule has 106 valence electrons. The lowest BCUT2D eigenvalue weighted by Gasteiger charge is -2.27. The van der Waals surface area contributed by atoms with E-state index in [1.54, 1.807) is 25.2 Å². The van der Waals surface area contributed by atoms with Gasteiger partial charge in [0.2, 0.25) is 10.0 Å². The van der Waals surface area contributed by atoms with Gasteiger partial charge in [-0.3, -0.25) is 0 Å². The molecule has 0 spiro atoms. The lowest BCUT2D eigenvalue weighted by Crippen LogP contribution is -2.39. The molecule has 1 aromatic carbocycles. The van der Waals surface area contributed by atoms with Gasteiger partial charge in [-0.25, -0.2) is 12.7 Å². The number of nitrogens with one attached hydrogen (secondary N) is 1. The zero-order valence-electron chi connectivity index (χ0n) is 11.0. The van der Waals surface area contributed by atoms with Crippen molar-refractivity contribution in [1.82, 2.24) is 9.62 Å². The summed E-state index contributed by atoms with van der Waals surface area (Å²) in [4.78, 5) is 0.335. The molecule has 0 amide bonds. The Balaban J connectivity index is 2.13. The summed E-state index contributed by atoms with van der Waals surface area (Å²) in [5.41, 5.74) is 0. The molecule has 0 saturated carbocycles. The van der Waals surface area contributed by atoms with Crippen LogP contribution in [0.25, 0.3) is 0 Å². The van der Waals surface area contributed by atoms with E-state index in [1.807, 2.05) is 6.07 Å². The molecular formula is C13H19BrN2O2S. The summed E-state index contributed by atoms with van der Waals surface area (Å²) < 4.78 is 27.1. The highest BCUT2D eigenvalue weighted by atomic mass is 79.9. The molecule has 4 nitrogen and oxygen atoms in total. The normalized spacial score (nSPS) is 20.7. The molecule has 0 radical (unpaired) electrons. The third kappa shape index (κ3) is 3.56. The van der Waals surface area contributed by atoms with E-state index in [1.165, 1.54) is 4.31 Å². The lowest BCUT2D eigenvalue weighted by atomic mass is 10.00. The van der Waals surface area contributed by atoms with E-state index >= 15 is 0 Å². The molecule has 19 heavy (non-hydrogen) atoms. The van der Waals surface area contributed by atoms with Gasteiger partial charge in [-0.05, 0) is 59.9 Å². The van der Waals surface area contributed by atoms with E-state index in [4.69, 9.17) is 0 Å². The molecule has 1 heterocycles. The summed E-state index contributed by atoms with van der Waals surface area (Å²) in [5, 5.41) is 3.31. The highest BCUT2D eigenvalue weighted by molar-refractivity contribution is 9.10. The number of piperidine rings is 1. The Morgan fingerprint density at radius 1 is 1.42 bits per heavy atom. The van der Waals surface area contributed by atoms with Crippen molar-refractivity contribution in [1.29, 1.82) is 0 Å². The number of nitrogens with zero attached hydrogens (tertiary/aromatic N) is 1. The molecule has 0 bridgehead atoms. The number of rotatable bonds is 4. The summed E-state index contributed by atoms with van der Waals surface area (Å²) in [6.07, 6.45) is 2.20. The van der Waals surface area contributed by atoms with Gasteiger partial charge in [-0.2, -0.15) is 0 Å². The molecule has 1 saturated heterocycles. The summed E-state index contributed by atoms with van der Waals surface area (Å²) in [6, 6.07) is 6.94. The molecule has 1 fully saturated rings. The van der Waals surface area contributed by atoms with Gasteiger partial charge < -0.3 is 5.32 Å². The number of benzene rings is 1. The van der Waals surface area contributed by atoms with Gasteiger partial charge in [0.1, 0.15) is 0 Å². The van der Waals surface area contributed by atoms with Gasteiger partial charge in [0, 0.05) is 18.1 Å². The Kier molecular flexibility index (Phi) is 5.00. The molecule has 0 aromatic heterocycles. The van der Waals surface area contributed by atoms with E-state index < -0.39 is 10.0 Å². The van der Waals surface area contributed by atoms with Gasteiger partial charge in [0.05, 0.1) is 4.90 Å². The third-order valence-corrected chi connectivity index (χ3v) is 6.27. The summed E-state index contributed by atoms with van der Waals surface area (Å²) >= 11 is 3.31. The highest BCUT2D eigenvalue weighted by Crippen LogP contribution is 2.25. The van der Waals surface area contributed by atoms with E-state index in [0.29, 0.717) is 21.8 Å². The molecule has 1 aromatic rings. The van der Waals surface area contributed by atoms with Gasteiger partial charge in [-0.1, -0.05) is 12.1 Å². The fraction of sp³-hybridized carbons (Fsp3) is 0.538. The van der Waals surface area contributed by atoms with Crippen LogP contribution in [-0.2, 0) is 10.0 Å². The van der Waals surface area contributed by atoms with Crippen molar-refractivity contribution in [2.75, 3.05) is 26.7 Å². The Morgan fingerprint density at radius 2 is 2.16 bits per heavy atom. The molecule has 6 heteroatoms. The van der Waals surface area contributed by atoms with Crippen LogP contribution >= 0.6 is 15.9 Å². The van der Waals surface area contributed by atoms with E-state index in [-0.39, 0.29) is 0 Å². The van der Waals surface area contributed by atoms with Crippen LogP contribution < -0.4 is 5.32 Å². The maximum absolute atomic E-state index is 12.5. The van der Waals surface area contributed by atoms with Crippen LogP contribution in [0.3, 0.4) is 0 Å². The molecular weight excluding hydrogens is 328 g/mol. The molecule has 0 aliphatic carbocycles. The summed E-state index contributed by atoms with van der Waals surface area (Å²) in [6.45, 7) is 2.50. The van der Waals surface area contributed by atoms with E-state index in [2.05, 4.69) is 21.2 Å². The van der Waals surface area contributed by atoms with Crippen LogP contribution in [0.15, 0.2) is 33.6 Å². The predicted molar refractivity (Wildman–Crippen MR) is 79.6 cm³/mol. The quantitative estimate of drug-likeness (QED) is 0.907. The van der Waals surface area contributed by atoms with Crippen molar-refractivity contribution in [2.45, 2.75) is 17.7 Å². The second-order valence-electron chi connectivity index (χ2n) is 4.93. The van der Waals surface area contributed by atoms with Crippen LogP contribution in [0.4, 0.5) is 0 Å². The first-order valence-corrected chi connectivity index (χ1v) is 8.66. The van der Waals surface area contributed by atoms with Crippen molar-refractivity contribution in [2.24, 2.45) is 5.92 Å². The van der Waals surface area contributed by atoms with E-state index in [0.717, 1.165) is 25.9 Å². The molecule has 1 aliphatic rings. The van der Waals surface area contributed by atoms with Gasteiger partial charge in [0.15, 0.2) is 0 Å². The summed E-state index contributed by atoms with van der Waals surface area (Å²) in [7, 11) is -1.75.